The first-order chi connectivity index (χ1) is 11.3. The Morgan fingerprint density at radius 3 is 2.83 bits per heavy atom. The zero-order valence-electron chi connectivity index (χ0n) is 13.8. The fourth-order valence-electron chi connectivity index (χ4n) is 2.82. The first kappa shape index (κ1) is 15.9. The molecular weight excluding hydrogens is 286 g/mol. The van der Waals surface area contributed by atoms with Crippen LogP contribution in [0, 0.1) is 6.92 Å². The average molecular weight is 311 g/mol. The minimum absolute atomic E-state index is 0.660. The topological polar surface area (TPSA) is 30.5 Å². The lowest BCUT2D eigenvalue weighted by Crippen LogP contribution is -2.23. The fraction of sp³-hybridized carbons (Fsp3) is 0.400. The van der Waals surface area contributed by atoms with E-state index in [0.29, 0.717) is 6.61 Å². The van der Waals surface area contributed by atoms with Crippen molar-refractivity contribution in [1.82, 2.24) is 5.32 Å². The molecular formula is C20H25NO2. The molecule has 3 rings (SSSR count). The summed E-state index contributed by atoms with van der Waals surface area (Å²) >= 11 is 0. The van der Waals surface area contributed by atoms with Gasteiger partial charge in [-0.25, -0.2) is 0 Å². The summed E-state index contributed by atoms with van der Waals surface area (Å²) in [7, 11) is 0. The zero-order valence-corrected chi connectivity index (χ0v) is 13.8. The van der Waals surface area contributed by atoms with Crippen LogP contribution in [0.2, 0.25) is 0 Å². The Balaban J connectivity index is 1.38. The van der Waals surface area contributed by atoms with E-state index in [1.165, 1.54) is 16.7 Å². The number of ether oxygens (including phenoxy) is 2. The van der Waals surface area contributed by atoms with Crippen molar-refractivity contribution in [2.45, 2.75) is 26.2 Å². The molecule has 0 amide bonds. The van der Waals surface area contributed by atoms with Gasteiger partial charge in [0.1, 0.15) is 6.61 Å². The summed E-state index contributed by atoms with van der Waals surface area (Å²) in [4.78, 5) is 0. The SMILES string of the molecule is Cc1ccc(CCNCCOc2cccc3c2OCCC3)cc1. The predicted molar refractivity (Wildman–Crippen MR) is 93.5 cm³/mol. The van der Waals surface area contributed by atoms with E-state index in [4.69, 9.17) is 9.47 Å². The highest BCUT2D eigenvalue weighted by molar-refractivity contribution is 5.47. The number of hydrogen-bond donors (Lipinski definition) is 1. The summed E-state index contributed by atoms with van der Waals surface area (Å²) in [5, 5.41) is 3.43. The van der Waals surface area contributed by atoms with Crippen molar-refractivity contribution in [2.24, 2.45) is 0 Å². The van der Waals surface area contributed by atoms with Crippen molar-refractivity contribution < 1.29 is 9.47 Å². The molecule has 0 bridgehead atoms. The number of aryl methyl sites for hydroxylation is 2. The Morgan fingerprint density at radius 2 is 1.96 bits per heavy atom. The second-order valence-electron chi connectivity index (χ2n) is 6.03. The third-order valence-electron chi connectivity index (χ3n) is 4.14. The van der Waals surface area contributed by atoms with Crippen LogP contribution in [0.15, 0.2) is 42.5 Å². The van der Waals surface area contributed by atoms with E-state index in [1.54, 1.807) is 0 Å². The largest absolute Gasteiger partial charge is 0.489 e. The van der Waals surface area contributed by atoms with Gasteiger partial charge < -0.3 is 14.8 Å². The van der Waals surface area contributed by atoms with Gasteiger partial charge in [-0.15, -0.1) is 0 Å². The van der Waals surface area contributed by atoms with E-state index in [1.807, 2.05) is 12.1 Å². The highest BCUT2D eigenvalue weighted by Gasteiger charge is 2.14. The van der Waals surface area contributed by atoms with Gasteiger partial charge in [0, 0.05) is 6.54 Å². The van der Waals surface area contributed by atoms with Gasteiger partial charge in [-0.05, 0) is 49.9 Å². The predicted octanol–water partition coefficient (Wildman–Crippen LogP) is 3.53. The fourth-order valence-corrected chi connectivity index (χ4v) is 2.82. The summed E-state index contributed by atoms with van der Waals surface area (Å²) < 4.78 is 11.6. The molecule has 0 aliphatic carbocycles. The number of benzene rings is 2. The van der Waals surface area contributed by atoms with E-state index >= 15 is 0 Å². The molecule has 122 valence electrons. The van der Waals surface area contributed by atoms with E-state index in [-0.39, 0.29) is 0 Å². The molecule has 0 radical (unpaired) electrons. The molecule has 3 heteroatoms. The van der Waals surface area contributed by atoms with Crippen LogP contribution < -0.4 is 14.8 Å². The molecule has 1 aliphatic heterocycles. The second-order valence-corrected chi connectivity index (χ2v) is 6.03. The molecule has 0 saturated heterocycles. The summed E-state index contributed by atoms with van der Waals surface area (Å²) in [6.45, 7) is 5.38. The molecule has 23 heavy (non-hydrogen) atoms. The smallest absolute Gasteiger partial charge is 0.164 e. The summed E-state index contributed by atoms with van der Waals surface area (Å²) in [6.07, 6.45) is 3.22. The molecule has 0 fully saturated rings. The maximum atomic E-state index is 5.88. The molecule has 2 aromatic carbocycles. The van der Waals surface area contributed by atoms with Crippen molar-refractivity contribution >= 4 is 0 Å². The molecule has 1 heterocycles. The van der Waals surface area contributed by atoms with E-state index in [9.17, 15) is 0 Å². The zero-order chi connectivity index (χ0) is 15.9. The Morgan fingerprint density at radius 1 is 1.09 bits per heavy atom. The summed E-state index contributed by atoms with van der Waals surface area (Å²) in [5.41, 5.74) is 3.94. The van der Waals surface area contributed by atoms with Gasteiger partial charge in [-0.2, -0.15) is 0 Å². The van der Waals surface area contributed by atoms with Crippen LogP contribution in [-0.2, 0) is 12.8 Å². The van der Waals surface area contributed by atoms with Gasteiger partial charge >= 0.3 is 0 Å². The van der Waals surface area contributed by atoms with Crippen LogP contribution in [0.1, 0.15) is 23.1 Å². The van der Waals surface area contributed by atoms with Gasteiger partial charge in [0.2, 0.25) is 0 Å². The Kier molecular flexibility index (Phi) is 5.54. The quantitative estimate of drug-likeness (QED) is 0.794. The monoisotopic (exact) mass is 311 g/mol. The highest BCUT2D eigenvalue weighted by atomic mass is 16.5. The second kappa shape index (κ2) is 8.02. The average Bonchev–Trinajstić information content (AvgIpc) is 2.59. The molecule has 0 saturated carbocycles. The number of fused-ring (bicyclic) bond motifs is 1. The minimum Gasteiger partial charge on any atom is -0.489 e. The Bertz CT molecular complexity index is 622. The van der Waals surface area contributed by atoms with Crippen LogP contribution >= 0.6 is 0 Å². The standard InChI is InChI=1S/C20H25NO2/c1-16-7-9-17(10-8-16)11-12-21-13-15-22-19-6-2-4-18-5-3-14-23-20(18)19/h2,4,6-10,21H,3,5,11-15H2,1H3. The molecule has 2 aromatic rings. The van der Waals surface area contributed by atoms with Gasteiger partial charge in [0.05, 0.1) is 6.61 Å². The molecule has 0 atom stereocenters. The van der Waals surface area contributed by atoms with Gasteiger partial charge in [0.25, 0.3) is 0 Å². The number of hydrogen-bond acceptors (Lipinski definition) is 3. The van der Waals surface area contributed by atoms with Gasteiger partial charge in [-0.1, -0.05) is 42.0 Å². The van der Waals surface area contributed by atoms with E-state index in [2.05, 4.69) is 42.6 Å². The first-order valence-electron chi connectivity index (χ1n) is 8.47. The van der Waals surface area contributed by atoms with Crippen LogP contribution in [-0.4, -0.2) is 26.3 Å². The van der Waals surface area contributed by atoms with E-state index in [0.717, 1.165) is 50.5 Å². The van der Waals surface area contributed by atoms with Crippen molar-refractivity contribution in [3.63, 3.8) is 0 Å². The highest BCUT2D eigenvalue weighted by Crippen LogP contribution is 2.34. The first-order valence-corrected chi connectivity index (χ1v) is 8.47. The Labute approximate surface area is 138 Å². The third kappa shape index (κ3) is 4.49. The number of nitrogens with one attached hydrogen (secondary N) is 1. The Hall–Kier alpha value is -2.00. The van der Waals surface area contributed by atoms with Crippen LogP contribution in [0.3, 0.4) is 0 Å². The van der Waals surface area contributed by atoms with Crippen LogP contribution in [0.25, 0.3) is 0 Å². The molecule has 1 aliphatic rings. The maximum absolute atomic E-state index is 5.88. The summed E-state index contributed by atoms with van der Waals surface area (Å²) in [5.74, 6) is 1.82. The molecule has 0 aromatic heterocycles. The summed E-state index contributed by atoms with van der Waals surface area (Å²) in [6, 6.07) is 14.9. The van der Waals surface area contributed by atoms with Crippen LogP contribution in [0.4, 0.5) is 0 Å². The van der Waals surface area contributed by atoms with Crippen molar-refractivity contribution in [2.75, 3.05) is 26.3 Å². The van der Waals surface area contributed by atoms with E-state index < -0.39 is 0 Å². The minimum atomic E-state index is 0.660. The van der Waals surface area contributed by atoms with Crippen molar-refractivity contribution in [3.05, 3.63) is 59.2 Å². The molecule has 3 nitrogen and oxygen atoms in total. The lowest BCUT2D eigenvalue weighted by molar-refractivity contribution is 0.251. The lowest BCUT2D eigenvalue weighted by atomic mass is 10.1. The van der Waals surface area contributed by atoms with Crippen LogP contribution in [0.5, 0.6) is 11.5 Å². The van der Waals surface area contributed by atoms with Gasteiger partial charge in [0.15, 0.2) is 11.5 Å². The molecule has 1 N–H and O–H groups in total. The third-order valence-corrected chi connectivity index (χ3v) is 4.14. The van der Waals surface area contributed by atoms with Crippen molar-refractivity contribution in [1.29, 1.82) is 0 Å². The van der Waals surface area contributed by atoms with Gasteiger partial charge in [-0.3, -0.25) is 0 Å². The lowest BCUT2D eigenvalue weighted by Gasteiger charge is -2.20. The number of rotatable bonds is 7. The molecule has 0 unspecified atom stereocenters. The van der Waals surface area contributed by atoms with Crippen molar-refractivity contribution in [3.8, 4) is 11.5 Å². The maximum Gasteiger partial charge on any atom is 0.164 e. The molecule has 0 spiro atoms. The number of para-hydroxylation sites is 1. The normalized spacial score (nSPS) is 13.3.